The normalized spacial score (nSPS) is 9.91. The van der Waals surface area contributed by atoms with Crippen molar-refractivity contribution in [3.8, 4) is 0 Å². The van der Waals surface area contributed by atoms with Crippen molar-refractivity contribution in [3.63, 3.8) is 0 Å². The Morgan fingerprint density at radius 1 is 1.73 bits per heavy atom. The van der Waals surface area contributed by atoms with E-state index in [9.17, 15) is 0 Å². The summed E-state index contributed by atoms with van der Waals surface area (Å²) in [6.07, 6.45) is 2.00. The van der Waals surface area contributed by atoms with Gasteiger partial charge in [-0.1, -0.05) is 0 Å². The van der Waals surface area contributed by atoms with Gasteiger partial charge in [0.1, 0.15) is 5.76 Å². The molecule has 0 radical (unpaired) electrons. The highest BCUT2D eigenvalue weighted by atomic mass is 32.2. The molecule has 0 aromatic carbocycles. The number of rotatable bonds is 3. The van der Waals surface area contributed by atoms with Gasteiger partial charge in [0.15, 0.2) is 11.6 Å². The lowest BCUT2D eigenvalue weighted by molar-refractivity contribution is 0.521. The number of hydrogen-bond acceptors (Lipinski definition) is 3. The summed E-state index contributed by atoms with van der Waals surface area (Å²) in [5.41, 5.74) is 5.21. The van der Waals surface area contributed by atoms with Crippen LogP contribution in [0, 0.1) is 5.41 Å². The SMILES string of the molecule is CSCc1ccc(C(=N)N)o1. The van der Waals surface area contributed by atoms with Crippen LogP contribution in [-0.2, 0) is 5.75 Å². The minimum atomic E-state index is -0.0163. The lowest BCUT2D eigenvalue weighted by atomic mass is 10.4. The van der Waals surface area contributed by atoms with Gasteiger partial charge in [-0.2, -0.15) is 11.8 Å². The van der Waals surface area contributed by atoms with E-state index >= 15 is 0 Å². The largest absolute Gasteiger partial charge is 0.457 e. The highest BCUT2D eigenvalue weighted by molar-refractivity contribution is 7.97. The average molecular weight is 170 g/mol. The van der Waals surface area contributed by atoms with Crippen LogP contribution in [0.25, 0.3) is 0 Å². The van der Waals surface area contributed by atoms with Gasteiger partial charge < -0.3 is 10.2 Å². The Bertz CT molecular complexity index is 257. The smallest absolute Gasteiger partial charge is 0.168 e. The molecule has 1 rings (SSSR count). The zero-order chi connectivity index (χ0) is 8.27. The molecule has 0 aliphatic rings. The number of nitrogen functional groups attached to an aromatic ring is 1. The third kappa shape index (κ3) is 2.01. The Morgan fingerprint density at radius 2 is 2.45 bits per heavy atom. The van der Waals surface area contributed by atoms with Gasteiger partial charge in [0.05, 0.1) is 5.75 Å². The molecule has 1 aromatic heterocycles. The van der Waals surface area contributed by atoms with Crippen LogP contribution in [0.15, 0.2) is 16.5 Å². The zero-order valence-electron chi connectivity index (χ0n) is 6.26. The molecular weight excluding hydrogens is 160 g/mol. The van der Waals surface area contributed by atoms with Crippen molar-refractivity contribution >= 4 is 17.6 Å². The molecule has 0 amide bonds. The van der Waals surface area contributed by atoms with E-state index in [0.29, 0.717) is 5.76 Å². The second kappa shape index (κ2) is 3.48. The molecule has 3 N–H and O–H groups in total. The molecule has 0 bridgehead atoms. The predicted octanol–water partition coefficient (Wildman–Crippen LogP) is 1.43. The van der Waals surface area contributed by atoms with E-state index in [2.05, 4.69) is 0 Å². The van der Waals surface area contributed by atoms with Gasteiger partial charge in [0.25, 0.3) is 0 Å². The maximum Gasteiger partial charge on any atom is 0.168 e. The first kappa shape index (κ1) is 8.20. The molecule has 0 atom stereocenters. The van der Waals surface area contributed by atoms with Gasteiger partial charge in [-0.3, -0.25) is 5.41 Å². The lowest BCUT2D eigenvalue weighted by Gasteiger charge is -1.91. The monoisotopic (exact) mass is 170 g/mol. The molecule has 0 spiro atoms. The Kier molecular flexibility index (Phi) is 2.59. The summed E-state index contributed by atoms with van der Waals surface area (Å²) in [5, 5.41) is 7.06. The first-order chi connectivity index (χ1) is 5.24. The summed E-state index contributed by atoms with van der Waals surface area (Å²) in [7, 11) is 0. The van der Waals surface area contributed by atoms with Gasteiger partial charge in [-0.05, 0) is 18.4 Å². The summed E-state index contributed by atoms with van der Waals surface area (Å²) in [4.78, 5) is 0. The number of nitrogens with two attached hydrogens (primary N) is 1. The van der Waals surface area contributed by atoms with Crippen molar-refractivity contribution in [1.82, 2.24) is 0 Å². The third-order valence-corrected chi connectivity index (χ3v) is 1.79. The number of thioether (sulfide) groups is 1. The molecule has 60 valence electrons. The van der Waals surface area contributed by atoms with Crippen molar-refractivity contribution in [3.05, 3.63) is 23.7 Å². The molecule has 11 heavy (non-hydrogen) atoms. The second-order valence-electron chi connectivity index (χ2n) is 2.11. The van der Waals surface area contributed by atoms with Crippen LogP contribution in [0.4, 0.5) is 0 Å². The maximum atomic E-state index is 7.06. The fraction of sp³-hybridized carbons (Fsp3) is 0.286. The Morgan fingerprint density at radius 3 is 2.91 bits per heavy atom. The van der Waals surface area contributed by atoms with Gasteiger partial charge >= 0.3 is 0 Å². The van der Waals surface area contributed by atoms with Crippen molar-refractivity contribution in [2.45, 2.75) is 5.75 Å². The average Bonchev–Trinajstić information content (AvgIpc) is 2.37. The summed E-state index contributed by atoms with van der Waals surface area (Å²) in [5.74, 6) is 2.13. The zero-order valence-corrected chi connectivity index (χ0v) is 7.07. The van der Waals surface area contributed by atoms with E-state index in [1.54, 1.807) is 17.8 Å². The molecule has 0 fully saturated rings. The van der Waals surface area contributed by atoms with E-state index in [1.165, 1.54) is 0 Å². The van der Waals surface area contributed by atoms with Crippen LogP contribution in [0.2, 0.25) is 0 Å². The Hall–Kier alpha value is -0.900. The van der Waals surface area contributed by atoms with E-state index in [0.717, 1.165) is 11.5 Å². The van der Waals surface area contributed by atoms with Gasteiger partial charge in [-0.15, -0.1) is 0 Å². The summed E-state index contributed by atoms with van der Waals surface area (Å²) < 4.78 is 5.22. The van der Waals surface area contributed by atoms with Crippen molar-refractivity contribution in [2.75, 3.05) is 6.26 Å². The van der Waals surface area contributed by atoms with Gasteiger partial charge in [-0.25, -0.2) is 0 Å². The van der Waals surface area contributed by atoms with Gasteiger partial charge in [0.2, 0.25) is 0 Å². The van der Waals surface area contributed by atoms with Gasteiger partial charge in [0, 0.05) is 0 Å². The van der Waals surface area contributed by atoms with E-state index < -0.39 is 0 Å². The number of amidine groups is 1. The fourth-order valence-corrected chi connectivity index (χ4v) is 1.18. The van der Waals surface area contributed by atoms with Crippen molar-refractivity contribution in [2.24, 2.45) is 5.73 Å². The first-order valence-corrected chi connectivity index (χ1v) is 4.55. The number of hydrogen-bond donors (Lipinski definition) is 2. The topological polar surface area (TPSA) is 63.0 Å². The maximum absolute atomic E-state index is 7.06. The summed E-state index contributed by atoms with van der Waals surface area (Å²) in [6, 6.07) is 3.56. The molecule has 0 saturated carbocycles. The van der Waals surface area contributed by atoms with Crippen molar-refractivity contribution < 1.29 is 4.42 Å². The van der Waals surface area contributed by atoms with Crippen LogP contribution in [0.3, 0.4) is 0 Å². The molecule has 1 heterocycles. The predicted molar refractivity (Wildman–Crippen MR) is 46.9 cm³/mol. The molecule has 0 saturated heterocycles. The second-order valence-corrected chi connectivity index (χ2v) is 2.98. The van der Waals surface area contributed by atoms with E-state index in [4.69, 9.17) is 15.6 Å². The van der Waals surface area contributed by atoms with E-state index in [1.807, 2.05) is 12.3 Å². The lowest BCUT2D eigenvalue weighted by Crippen LogP contribution is -2.09. The highest BCUT2D eigenvalue weighted by Crippen LogP contribution is 2.12. The minimum absolute atomic E-state index is 0.0163. The summed E-state index contributed by atoms with van der Waals surface area (Å²) in [6.45, 7) is 0. The van der Waals surface area contributed by atoms with Crippen LogP contribution in [0.1, 0.15) is 11.5 Å². The Balaban J connectivity index is 2.73. The molecule has 4 heteroatoms. The summed E-state index contributed by atoms with van der Waals surface area (Å²) >= 11 is 1.67. The molecule has 0 unspecified atom stereocenters. The molecular formula is C7H10N2OS. The van der Waals surface area contributed by atoms with Crippen LogP contribution in [-0.4, -0.2) is 12.1 Å². The fourth-order valence-electron chi connectivity index (χ4n) is 0.743. The van der Waals surface area contributed by atoms with Crippen LogP contribution < -0.4 is 5.73 Å². The quantitative estimate of drug-likeness (QED) is 0.532. The minimum Gasteiger partial charge on any atom is -0.457 e. The molecule has 3 nitrogen and oxygen atoms in total. The number of nitrogens with one attached hydrogen (secondary N) is 1. The van der Waals surface area contributed by atoms with Crippen LogP contribution >= 0.6 is 11.8 Å². The van der Waals surface area contributed by atoms with Crippen LogP contribution in [0.5, 0.6) is 0 Å². The molecule has 1 aromatic rings. The first-order valence-electron chi connectivity index (χ1n) is 3.16. The molecule has 0 aliphatic heterocycles. The van der Waals surface area contributed by atoms with E-state index in [-0.39, 0.29) is 5.84 Å². The highest BCUT2D eigenvalue weighted by Gasteiger charge is 2.02. The molecule has 0 aliphatic carbocycles. The Labute approximate surface area is 69.5 Å². The third-order valence-electron chi connectivity index (χ3n) is 1.21. The van der Waals surface area contributed by atoms with Crippen molar-refractivity contribution in [1.29, 1.82) is 5.41 Å². The standard InChI is InChI=1S/C7H10N2OS/c1-11-4-5-2-3-6(10-5)7(8)9/h2-3H,4H2,1H3,(H3,8,9). The number of furan rings is 1.